The SMILES string of the molecule is CSc1nc(N)nc(-c2ccc(C)cc2)c1C#N. The molecule has 1 aromatic heterocycles. The first-order chi connectivity index (χ1) is 8.65. The van der Waals surface area contributed by atoms with Gasteiger partial charge in [-0.05, 0) is 13.2 Å². The lowest BCUT2D eigenvalue weighted by Gasteiger charge is -2.07. The maximum atomic E-state index is 9.25. The average Bonchev–Trinajstić information content (AvgIpc) is 2.38. The quantitative estimate of drug-likeness (QED) is 0.660. The van der Waals surface area contributed by atoms with Crippen molar-refractivity contribution in [2.45, 2.75) is 11.9 Å². The molecule has 0 atom stereocenters. The number of rotatable bonds is 2. The molecule has 0 aliphatic carbocycles. The first-order valence-corrected chi connectivity index (χ1v) is 6.57. The summed E-state index contributed by atoms with van der Waals surface area (Å²) in [6.07, 6.45) is 1.86. The van der Waals surface area contributed by atoms with E-state index in [1.165, 1.54) is 11.8 Å². The van der Waals surface area contributed by atoms with Crippen LogP contribution in [0.15, 0.2) is 29.3 Å². The predicted molar refractivity (Wildman–Crippen MR) is 73.1 cm³/mol. The Balaban J connectivity index is 2.67. The fourth-order valence-electron chi connectivity index (χ4n) is 1.63. The standard InChI is InChI=1S/C13H12N4S/c1-8-3-5-9(6-4-8)11-10(7-14)12(18-2)17-13(15)16-11/h3-6H,1-2H3,(H2,15,16,17). The molecule has 2 aromatic rings. The average molecular weight is 256 g/mol. The summed E-state index contributed by atoms with van der Waals surface area (Å²) < 4.78 is 0. The van der Waals surface area contributed by atoms with Gasteiger partial charge in [0.2, 0.25) is 5.95 Å². The molecule has 0 amide bonds. The molecule has 2 rings (SSSR count). The molecular formula is C13H12N4S. The lowest BCUT2D eigenvalue weighted by atomic mass is 10.1. The Morgan fingerprint density at radius 2 is 1.89 bits per heavy atom. The van der Waals surface area contributed by atoms with Gasteiger partial charge in [-0.2, -0.15) is 5.26 Å². The molecule has 0 fully saturated rings. The molecule has 0 bridgehead atoms. The molecule has 90 valence electrons. The van der Waals surface area contributed by atoms with Crippen LogP contribution >= 0.6 is 11.8 Å². The van der Waals surface area contributed by atoms with E-state index in [2.05, 4.69) is 16.0 Å². The highest BCUT2D eigenvalue weighted by Gasteiger charge is 2.14. The van der Waals surface area contributed by atoms with E-state index in [4.69, 9.17) is 5.73 Å². The van der Waals surface area contributed by atoms with Crippen LogP contribution in [-0.4, -0.2) is 16.2 Å². The van der Waals surface area contributed by atoms with Crippen LogP contribution in [0.25, 0.3) is 11.3 Å². The minimum Gasteiger partial charge on any atom is -0.368 e. The number of benzene rings is 1. The molecule has 0 radical (unpaired) electrons. The van der Waals surface area contributed by atoms with Crippen LogP contribution in [0.4, 0.5) is 5.95 Å². The van der Waals surface area contributed by atoms with Gasteiger partial charge in [0.25, 0.3) is 0 Å². The van der Waals surface area contributed by atoms with Gasteiger partial charge in [0.1, 0.15) is 16.7 Å². The monoisotopic (exact) mass is 256 g/mol. The maximum absolute atomic E-state index is 9.25. The van der Waals surface area contributed by atoms with E-state index in [1.807, 2.05) is 37.4 Å². The number of nitriles is 1. The number of nitrogens with zero attached hydrogens (tertiary/aromatic N) is 3. The topological polar surface area (TPSA) is 75.6 Å². The minimum absolute atomic E-state index is 0.189. The molecule has 0 aliphatic rings. The zero-order valence-corrected chi connectivity index (χ0v) is 11.0. The van der Waals surface area contributed by atoms with Crippen LogP contribution in [0.5, 0.6) is 0 Å². The third-order valence-corrected chi connectivity index (χ3v) is 3.21. The highest BCUT2D eigenvalue weighted by atomic mass is 32.2. The van der Waals surface area contributed by atoms with E-state index in [0.29, 0.717) is 16.3 Å². The van der Waals surface area contributed by atoms with Crippen LogP contribution in [-0.2, 0) is 0 Å². The molecule has 0 unspecified atom stereocenters. The molecule has 5 heteroatoms. The third kappa shape index (κ3) is 2.29. The van der Waals surface area contributed by atoms with Crippen LogP contribution in [0.1, 0.15) is 11.1 Å². The van der Waals surface area contributed by atoms with E-state index in [-0.39, 0.29) is 5.95 Å². The Bertz CT molecular complexity index is 614. The van der Waals surface area contributed by atoms with Crippen LogP contribution < -0.4 is 5.73 Å². The molecule has 1 heterocycles. The van der Waals surface area contributed by atoms with Crippen molar-refractivity contribution in [2.75, 3.05) is 12.0 Å². The van der Waals surface area contributed by atoms with Gasteiger partial charge in [0.15, 0.2) is 0 Å². The van der Waals surface area contributed by atoms with Gasteiger partial charge in [-0.3, -0.25) is 0 Å². The lowest BCUT2D eigenvalue weighted by Crippen LogP contribution is -2.02. The second-order valence-corrected chi connectivity index (χ2v) is 4.59. The van der Waals surface area contributed by atoms with Crippen molar-refractivity contribution in [3.63, 3.8) is 0 Å². The highest BCUT2D eigenvalue weighted by Crippen LogP contribution is 2.28. The Kier molecular flexibility index (Phi) is 3.49. The molecule has 2 N–H and O–H groups in total. The summed E-state index contributed by atoms with van der Waals surface area (Å²) in [5.74, 6) is 0.189. The molecule has 0 spiro atoms. The number of hydrogen-bond donors (Lipinski definition) is 1. The van der Waals surface area contributed by atoms with Crippen molar-refractivity contribution in [1.29, 1.82) is 5.26 Å². The second-order valence-electron chi connectivity index (χ2n) is 3.79. The van der Waals surface area contributed by atoms with Crippen LogP contribution in [0.2, 0.25) is 0 Å². The molecule has 0 aliphatic heterocycles. The molecule has 0 saturated carbocycles. The van der Waals surface area contributed by atoms with E-state index in [0.717, 1.165) is 11.1 Å². The first-order valence-electron chi connectivity index (χ1n) is 5.34. The number of nitrogens with two attached hydrogens (primary N) is 1. The number of anilines is 1. The number of aromatic nitrogens is 2. The number of thioether (sulfide) groups is 1. The van der Waals surface area contributed by atoms with E-state index >= 15 is 0 Å². The smallest absolute Gasteiger partial charge is 0.221 e. The fourth-order valence-corrected chi connectivity index (χ4v) is 2.16. The predicted octanol–water partition coefficient (Wildman–Crippen LogP) is 2.63. The van der Waals surface area contributed by atoms with E-state index in [1.54, 1.807) is 0 Å². The lowest BCUT2D eigenvalue weighted by molar-refractivity contribution is 1.05. The van der Waals surface area contributed by atoms with Gasteiger partial charge >= 0.3 is 0 Å². The Morgan fingerprint density at radius 1 is 1.22 bits per heavy atom. The first kappa shape index (κ1) is 12.4. The van der Waals surface area contributed by atoms with Gasteiger partial charge in [-0.1, -0.05) is 29.8 Å². The maximum Gasteiger partial charge on any atom is 0.221 e. The number of nitrogen functional groups attached to an aromatic ring is 1. The Hall–Kier alpha value is -2.06. The summed E-state index contributed by atoms with van der Waals surface area (Å²) in [7, 11) is 0. The third-order valence-electron chi connectivity index (χ3n) is 2.52. The summed E-state index contributed by atoms with van der Waals surface area (Å²) in [6, 6.07) is 9.98. The van der Waals surface area contributed by atoms with Crippen molar-refractivity contribution in [3.8, 4) is 17.3 Å². The van der Waals surface area contributed by atoms with Gasteiger partial charge in [-0.25, -0.2) is 9.97 Å². The number of aryl methyl sites for hydroxylation is 1. The molecule has 1 aromatic carbocycles. The van der Waals surface area contributed by atoms with Crippen molar-refractivity contribution >= 4 is 17.7 Å². The van der Waals surface area contributed by atoms with Gasteiger partial charge in [-0.15, -0.1) is 11.8 Å². The summed E-state index contributed by atoms with van der Waals surface area (Å²) in [6.45, 7) is 2.01. The van der Waals surface area contributed by atoms with Gasteiger partial charge in [0.05, 0.1) is 5.69 Å². The summed E-state index contributed by atoms with van der Waals surface area (Å²) >= 11 is 1.39. The van der Waals surface area contributed by atoms with Crippen molar-refractivity contribution in [1.82, 2.24) is 9.97 Å². The largest absolute Gasteiger partial charge is 0.368 e. The summed E-state index contributed by atoms with van der Waals surface area (Å²) in [5.41, 5.74) is 8.78. The fraction of sp³-hybridized carbons (Fsp3) is 0.154. The van der Waals surface area contributed by atoms with Crippen molar-refractivity contribution < 1.29 is 0 Å². The Morgan fingerprint density at radius 3 is 2.44 bits per heavy atom. The van der Waals surface area contributed by atoms with Crippen molar-refractivity contribution in [2.24, 2.45) is 0 Å². The van der Waals surface area contributed by atoms with E-state index < -0.39 is 0 Å². The highest BCUT2D eigenvalue weighted by molar-refractivity contribution is 7.98. The molecule has 4 nitrogen and oxygen atoms in total. The van der Waals surface area contributed by atoms with E-state index in [9.17, 15) is 5.26 Å². The molecule has 0 saturated heterocycles. The zero-order chi connectivity index (χ0) is 13.1. The molecule has 18 heavy (non-hydrogen) atoms. The van der Waals surface area contributed by atoms with Crippen molar-refractivity contribution in [3.05, 3.63) is 35.4 Å². The van der Waals surface area contributed by atoms with Crippen LogP contribution in [0.3, 0.4) is 0 Å². The van der Waals surface area contributed by atoms with Gasteiger partial charge in [0, 0.05) is 5.56 Å². The second kappa shape index (κ2) is 5.07. The molecular weight excluding hydrogens is 244 g/mol. The minimum atomic E-state index is 0.189. The Labute approximate surface area is 110 Å². The zero-order valence-electron chi connectivity index (χ0n) is 10.1. The van der Waals surface area contributed by atoms with Crippen LogP contribution in [0, 0.1) is 18.3 Å². The summed E-state index contributed by atoms with van der Waals surface area (Å²) in [4.78, 5) is 8.26. The summed E-state index contributed by atoms with van der Waals surface area (Å²) in [5, 5.41) is 9.86. The normalized spacial score (nSPS) is 10.1. The van der Waals surface area contributed by atoms with Gasteiger partial charge < -0.3 is 5.73 Å². The number of hydrogen-bond acceptors (Lipinski definition) is 5.